The minimum absolute atomic E-state index is 0.0107. The number of aliphatic hydroxyl groups is 1. The van der Waals surface area contributed by atoms with Crippen LogP contribution >= 0.6 is 0 Å². The Bertz CT molecular complexity index is 797. The Balaban J connectivity index is 2.21. The highest BCUT2D eigenvalue weighted by molar-refractivity contribution is 6.00. The zero-order chi connectivity index (χ0) is 19.4. The fourth-order valence-corrected chi connectivity index (χ4v) is 4.19. The van der Waals surface area contributed by atoms with Crippen molar-refractivity contribution < 1.29 is 29.0 Å². The predicted molar refractivity (Wildman–Crippen MR) is 92.6 cm³/mol. The van der Waals surface area contributed by atoms with Crippen molar-refractivity contribution in [2.45, 2.75) is 59.4 Å². The second-order valence-corrected chi connectivity index (χ2v) is 7.87. The van der Waals surface area contributed by atoms with E-state index in [1.165, 1.54) is 19.1 Å². The summed E-state index contributed by atoms with van der Waals surface area (Å²) in [5.74, 6) is -3.41. The minimum atomic E-state index is -2.04. The molecule has 0 aromatic rings. The number of esters is 2. The van der Waals surface area contributed by atoms with E-state index in [2.05, 4.69) is 0 Å². The first-order valence-electron chi connectivity index (χ1n) is 8.79. The van der Waals surface area contributed by atoms with Gasteiger partial charge in [0.05, 0.1) is 5.57 Å². The van der Waals surface area contributed by atoms with Crippen LogP contribution in [0.4, 0.5) is 0 Å². The number of carbonyl (C=O) groups excluding carboxylic acids is 3. The van der Waals surface area contributed by atoms with E-state index in [0.717, 1.165) is 5.57 Å². The highest BCUT2D eigenvalue weighted by atomic mass is 16.7. The lowest BCUT2D eigenvalue weighted by Gasteiger charge is -2.50. The van der Waals surface area contributed by atoms with E-state index in [-0.39, 0.29) is 22.8 Å². The molecule has 1 N–H and O–H groups in total. The molecule has 0 saturated heterocycles. The van der Waals surface area contributed by atoms with Gasteiger partial charge in [0, 0.05) is 29.1 Å². The Morgan fingerprint density at radius 3 is 2.65 bits per heavy atom. The summed E-state index contributed by atoms with van der Waals surface area (Å²) < 4.78 is 10.9. The third-order valence-electron chi connectivity index (χ3n) is 5.84. The number of fused-ring (bicyclic) bond motifs is 2. The van der Waals surface area contributed by atoms with Crippen LogP contribution in [0.3, 0.4) is 0 Å². The van der Waals surface area contributed by atoms with Crippen LogP contribution in [-0.4, -0.2) is 34.7 Å². The number of carbonyl (C=O) groups is 3. The average molecular weight is 360 g/mol. The number of hydrogen-bond acceptors (Lipinski definition) is 6. The summed E-state index contributed by atoms with van der Waals surface area (Å²) in [6.45, 7) is 8.91. The molecule has 2 aliphatic carbocycles. The van der Waals surface area contributed by atoms with E-state index in [4.69, 9.17) is 9.47 Å². The molecule has 6 nitrogen and oxygen atoms in total. The summed E-state index contributed by atoms with van der Waals surface area (Å²) in [5.41, 5.74) is 0.714. The summed E-state index contributed by atoms with van der Waals surface area (Å²) in [5, 5.41) is 10.9. The van der Waals surface area contributed by atoms with Gasteiger partial charge in [0.25, 0.3) is 5.79 Å². The third-order valence-corrected chi connectivity index (χ3v) is 5.84. The summed E-state index contributed by atoms with van der Waals surface area (Å²) in [6, 6.07) is 0. The molecule has 0 bridgehead atoms. The van der Waals surface area contributed by atoms with Crippen LogP contribution in [0.5, 0.6) is 0 Å². The maximum Gasteiger partial charge on any atom is 0.337 e. The van der Waals surface area contributed by atoms with Crippen LogP contribution in [0.1, 0.15) is 47.5 Å². The Kier molecular flexibility index (Phi) is 4.22. The van der Waals surface area contributed by atoms with Crippen molar-refractivity contribution in [1.82, 2.24) is 0 Å². The van der Waals surface area contributed by atoms with Gasteiger partial charge in [0.1, 0.15) is 6.10 Å². The largest absolute Gasteiger partial charge is 0.453 e. The topological polar surface area (TPSA) is 89.9 Å². The number of rotatable bonds is 2. The van der Waals surface area contributed by atoms with Crippen LogP contribution in [0.15, 0.2) is 34.4 Å². The lowest BCUT2D eigenvalue weighted by Crippen LogP contribution is -2.55. The maximum atomic E-state index is 12.6. The fourth-order valence-electron chi connectivity index (χ4n) is 4.19. The SMILES string of the molecule is CC(C)=CC(=O)OC1C2=C(C)C(=O)OC2(O)C=C2C(=O)CCC(C)C21C. The monoisotopic (exact) mass is 360 g/mol. The van der Waals surface area contributed by atoms with Gasteiger partial charge in [-0.25, -0.2) is 9.59 Å². The summed E-state index contributed by atoms with van der Waals surface area (Å²) in [7, 11) is 0. The van der Waals surface area contributed by atoms with Crippen LogP contribution in [0.2, 0.25) is 0 Å². The molecule has 6 heteroatoms. The van der Waals surface area contributed by atoms with Crippen molar-refractivity contribution in [2.24, 2.45) is 11.3 Å². The van der Waals surface area contributed by atoms with Gasteiger partial charge in [0.2, 0.25) is 0 Å². The van der Waals surface area contributed by atoms with Gasteiger partial charge < -0.3 is 14.6 Å². The van der Waals surface area contributed by atoms with Gasteiger partial charge in [-0.3, -0.25) is 4.79 Å². The minimum Gasteiger partial charge on any atom is -0.453 e. The molecule has 1 heterocycles. The Labute approximate surface area is 152 Å². The van der Waals surface area contributed by atoms with Gasteiger partial charge in [0.15, 0.2) is 5.78 Å². The lowest BCUT2D eigenvalue weighted by atomic mass is 9.56. The van der Waals surface area contributed by atoms with Crippen LogP contribution in [-0.2, 0) is 23.9 Å². The maximum absolute atomic E-state index is 12.6. The molecule has 140 valence electrons. The van der Waals surface area contributed by atoms with Crippen molar-refractivity contribution >= 4 is 17.7 Å². The second-order valence-electron chi connectivity index (χ2n) is 7.87. The molecule has 1 fully saturated rings. The molecule has 4 unspecified atom stereocenters. The van der Waals surface area contributed by atoms with Crippen molar-refractivity contribution in [3.63, 3.8) is 0 Å². The molecule has 1 aliphatic heterocycles. The summed E-state index contributed by atoms with van der Waals surface area (Å²) >= 11 is 0. The van der Waals surface area contributed by atoms with Crippen LogP contribution < -0.4 is 0 Å². The van der Waals surface area contributed by atoms with E-state index < -0.39 is 29.2 Å². The molecular formula is C20H24O6. The smallest absolute Gasteiger partial charge is 0.337 e. The van der Waals surface area contributed by atoms with Crippen molar-refractivity contribution in [3.05, 3.63) is 34.4 Å². The van der Waals surface area contributed by atoms with E-state index in [1.54, 1.807) is 13.8 Å². The third kappa shape index (κ3) is 2.55. The molecule has 0 amide bonds. The predicted octanol–water partition coefficient (Wildman–Crippen LogP) is 2.37. The van der Waals surface area contributed by atoms with E-state index >= 15 is 0 Å². The molecular weight excluding hydrogens is 336 g/mol. The molecule has 0 spiro atoms. The standard InChI is InChI=1S/C20H24O6/c1-10(2)8-15(22)25-17-16-12(4)18(23)26-20(16,24)9-13-14(21)7-6-11(3)19(13,17)5/h8-9,11,17,24H,6-7H2,1-5H3. The van der Waals surface area contributed by atoms with E-state index in [1.807, 2.05) is 13.8 Å². The van der Waals surface area contributed by atoms with Gasteiger partial charge in [-0.15, -0.1) is 0 Å². The summed E-state index contributed by atoms with van der Waals surface area (Å²) in [4.78, 5) is 37.1. The molecule has 3 aliphatic rings. The second kappa shape index (κ2) is 5.91. The van der Waals surface area contributed by atoms with Crippen molar-refractivity contribution in [1.29, 1.82) is 0 Å². The first-order valence-corrected chi connectivity index (χ1v) is 8.79. The van der Waals surface area contributed by atoms with Crippen LogP contribution in [0.25, 0.3) is 0 Å². The van der Waals surface area contributed by atoms with E-state index in [9.17, 15) is 19.5 Å². The zero-order valence-electron chi connectivity index (χ0n) is 15.7. The molecule has 3 rings (SSSR count). The van der Waals surface area contributed by atoms with Gasteiger partial charge in [-0.05, 0) is 39.2 Å². The lowest BCUT2D eigenvalue weighted by molar-refractivity contribution is -0.178. The molecule has 0 radical (unpaired) electrons. The number of hydrogen-bond donors (Lipinski definition) is 1. The molecule has 4 atom stereocenters. The molecule has 0 aromatic heterocycles. The Morgan fingerprint density at radius 2 is 2.04 bits per heavy atom. The van der Waals surface area contributed by atoms with Gasteiger partial charge in [-0.2, -0.15) is 0 Å². The van der Waals surface area contributed by atoms with Crippen molar-refractivity contribution in [3.8, 4) is 0 Å². The average Bonchev–Trinajstić information content (AvgIpc) is 2.75. The van der Waals surface area contributed by atoms with Crippen molar-refractivity contribution in [2.75, 3.05) is 0 Å². The highest BCUT2D eigenvalue weighted by Gasteiger charge is 2.62. The Morgan fingerprint density at radius 1 is 1.38 bits per heavy atom. The number of Topliss-reactive ketones (excluding diaryl/α,β-unsaturated/α-hetero) is 1. The highest BCUT2D eigenvalue weighted by Crippen LogP contribution is 2.56. The zero-order valence-corrected chi connectivity index (χ0v) is 15.7. The molecule has 0 aromatic carbocycles. The van der Waals surface area contributed by atoms with Gasteiger partial charge >= 0.3 is 11.9 Å². The van der Waals surface area contributed by atoms with Gasteiger partial charge in [-0.1, -0.05) is 19.4 Å². The first-order chi connectivity index (χ1) is 12.0. The van der Waals surface area contributed by atoms with E-state index in [0.29, 0.717) is 18.4 Å². The number of allylic oxidation sites excluding steroid dienone is 1. The molecule has 26 heavy (non-hydrogen) atoms. The normalized spacial score (nSPS) is 36.0. The Hall–Kier alpha value is -2.21. The number of ether oxygens (including phenoxy) is 2. The van der Waals surface area contributed by atoms with Crippen LogP contribution in [0, 0.1) is 11.3 Å². The fraction of sp³-hybridized carbons (Fsp3) is 0.550. The molecule has 1 saturated carbocycles. The quantitative estimate of drug-likeness (QED) is 0.601. The first kappa shape index (κ1) is 18.6. The number of ketones is 1. The summed E-state index contributed by atoms with van der Waals surface area (Å²) in [6.07, 6.45) is 2.71.